The number of hydrogen-bond acceptors (Lipinski definition) is 3. The van der Waals surface area contributed by atoms with Crippen LogP contribution in [0.2, 0.25) is 0 Å². The predicted molar refractivity (Wildman–Crippen MR) is 81.3 cm³/mol. The summed E-state index contributed by atoms with van der Waals surface area (Å²) >= 11 is 1.66. The molecule has 0 unspecified atom stereocenters. The maximum Gasteiger partial charge on any atom is 0.211 e. The third kappa shape index (κ3) is 1.96. The molecule has 20 heavy (non-hydrogen) atoms. The van der Waals surface area contributed by atoms with Crippen molar-refractivity contribution in [3.8, 4) is 16.4 Å². The third-order valence-corrected chi connectivity index (χ3v) is 4.62. The van der Waals surface area contributed by atoms with Crippen LogP contribution in [0.3, 0.4) is 0 Å². The van der Waals surface area contributed by atoms with Crippen LogP contribution < -0.4 is 0 Å². The topological polar surface area (TPSA) is 30.7 Å². The molecule has 4 heteroatoms. The van der Waals surface area contributed by atoms with Crippen LogP contribution in [0.15, 0.2) is 41.9 Å². The lowest BCUT2D eigenvalue weighted by molar-refractivity contribution is 0.652. The predicted octanol–water partition coefficient (Wildman–Crippen LogP) is 3.87. The zero-order valence-corrected chi connectivity index (χ0v) is 11.9. The summed E-state index contributed by atoms with van der Waals surface area (Å²) in [5, 5.41) is 7.63. The van der Waals surface area contributed by atoms with Gasteiger partial charge >= 0.3 is 0 Å². The van der Waals surface area contributed by atoms with E-state index in [0.29, 0.717) is 0 Å². The first-order valence-electron chi connectivity index (χ1n) is 6.99. The second-order valence-electron chi connectivity index (χ2n) is 5.12. The summed E-state index contributed by atoms with van der Waals surface area (Å²) in [6, 6.07) is 10.3. The van der Waals surface area contributed by atoms with Crippen molar-refractivity contribution in [2.75, 3.05) is 0 Å². The number of aryl methyl sites for hydroxylation is 1. The number of fused-ring (bicyclic) bond motifs is 1. The summed E-state index contributed by atoms with van der Waals surface area (Å²) in [5.41, 5.74) is 4.94. The minimum absolute atomic E-state index is 0.979. The fourth-order valence-corrected chi connectivity index (χ4v) is 3.57. The Morgan fingerprint density at radius 1 is 1.05 bits per heavy atom. The summed E-state index contributed by atoms with van der Waals surface area (Å²) in [7, 11) is 0. The van der Waals surface area contributed by atoms with Gasteiger partial charge in [0.2, 0.25) is 5.13 Å². The Bertz CT molecular complexity index is 727. The minimum Gasteiger partial charge on any atom is -0.218 e. The van der Waals surface area contributed by atoms with Gasteiger partial charge in [-0.15, -0.1) is 11.3 Å². The van der Waals surface area contributed by atoms with Crippen molar-refractivity contribution in [2.24, 2.45) is 0 Å². The summed E-state index contributed by atoms with van der Waals surface area (Å²) in [4.78, 5) is 4.75. The lowest BCUT2D eigenvalue weighted by Crippen LogP contribution is -2.07. The van der Waals surface area contributed by atoms with Crippen LogP contribution in [0.25, 0.3) is 16.4 Å². The molecule has 2 aromatic heterocycles. The molecule has 0 N–H and O–H groups in total. The second-order valence-corrected chi connectivity index (χ2v) is 5.95. The highest BCUT2D eigenvalue weighted by molar-refractivity contribution is 7.12. The molecule has 0 atom stereocenters. The summed E-state index contributed by atoms with van der Waals surface area (Å²) in [5.74, 6) is 0. The van der Waals surface area contributed by atoms with E-state index >= 15 is 0 Å². The monoisotopic (exact) mass is 281 g/mol. The van der Waals surface area contributed by atoms with Crippen molar-refractivity contribution in [3.63, 3.8) is 0 Å². The fraction of sp³-hybridized carbons (Fsp3) is 0.250. The Labute approximate surface area is 121 Å². The summed E-state index contributed by atoms with van der Waals surface area (Å²) in [6.45, 7) is 0. The SMILES string of the molecule is c1ccc(-c2csc(-n3ncc4c3CCCC4)n2)cc1. The molecule has 0 fully saturated rings. The van der Waals surface area contributed by atoms with Crippen LogP contribution >= 0.6 is 11.3 Å². The standard InChI is InChI=1S/C16H15N3S/c1-2-6-12(7-3-1)14-11-20-16(18-14)19-15-9-5-4-8-13(15)10-17-19/h1-3,6-7,10-11H,4-5,8-9H2. The molecule has 2 heterocycles. The van der Waals surface area contributed by atoms with Crippen molar-refractivity contribution in [3.05, 3.63) is 53.2 Å². The van der Waals surface area contributed by atoms with E-state index in [0.717, 1.165) is 29.2 Å². The number of nitrogens with zero attached hydrogens (tertiary/aromatic N) is 3. The molecule has 1 aliphatic carbocycles. The van der Waals surface area contributed by atoms with E-state index in [1.165, 1.54) is 24.1 Å². The van der Waals surface area contributed by atoms with Gasteiger partial charge in [0, 0.05) is 10.9 Å². The Hall–Kier alpha value is -1.94. The van der Waals surface area contributed by atoms with Crippen LogP contribution in [0, 0.1) is 0 Å². The van der Waals surface area contributed by atoms with E-state index in [1.54, 1.807) is 11.3 Å². The molecule has 1 aromatic carbocycles. The first kappa shape index (κ1) is 11.9. The average molecular weight is 281 g/mol. The highest BCUT2D eigenvalue weighted by Crippen LogP contribution is 2.27. The molecular formula is C16H15N3S. The molecule has 4 rings (SSSR count). The minimum atomic E-state index is 0.979. The third-order valence-electron chi connectivity index (χ3n) is 3.81. The number of thiazole rings is 1. The smallest absolute Gasteiger partial charge is 0.211 e. The second kappa shape index (κ2) is 4.87. The number of benzene rings is 1. The fourth-order valence-electron chi connectivity index (χ4n) is 2.76. The Kier molecular flexibility index (Phi) is 2.89. The van der Waals surface area contributed by atoms with Crippen LogP contribution in [-0.2, 0) is 12.8 Å². The van der Waals surface area contributed by atoms with Gasteiger partial charge < -0.3 is 0 Å². The van der Waals surface area contributed by atoms with E-state index in [4.69, 9.17) is 4.98 Å². The zero-order chi connectivity index (χ0) is 13.4. The molecule has 0 saturated heterocycles. The quantitative estimate of drug-likeness (QED) is 0.714. The average Bonchev–Trinajstić information content (AvgIpc) is 3.14. The van der Waals surface area contributed by atoms with E-state index in [1.807, 2.05) is 29.1 Å². The van der Waals surface area contributed by atoms with E-state index < -0.39 is 0 Å². The molecule has 100 valence electrons. The largest absolute Gasteiger partial charge is 0.218 e. The Balaban J connectivity index is 1.74. The van der Waals surface area contributed by atoms with Gasteiger partial charge in [0.15, 0.2) is 0 Å². The van der Waals surface area contributed by atoms with Crippen molar-refractivity contribution < 1.29 is 0 Å². The van der Waals surface area contributed by atoms with Crippen LogP contribution in [0.5, 0.6) is 0 Å². The first-order valence-corrected chi connectivity index (χ1v) is 7.87. The lowest BCUT2D eigenvalue weighted by atomic mass is 9.98. The summed E-state index contributed by atoms with van der Waals surface area (Å²) in [6.07, 6.45) is 6.83. The molecule has 0 bridgehead atoms. The molecule has 0 spiro atoms. The van der Waals surface area contributed by atoms with Crippen molar-refractivity contribution >= 4 is 11.3 Å². The lowest BCUT2D eigenvalue weighted by Gasteiger charge is -2.11. The molecule has 0 radical (unpaired) electrons. The van der Waals surface area contributed by atoms with Gasteiger partial charge in [-0.3, -0.25) is 0 Å². The molecule has 1 aliphatic rings. The number of aromatic nitrogens is 3. The molecule has 0 amide bonds. The van der Waals surface area contributed by atoms with Crippen molar-refractivity contribution in [2.45, 2.75) is 25.7 Å². The Morgan fingerprint density at radius 3 is 2.80 bits per heavy atom. The molecule has 3 aromatic rings. The van der Waals surface area contributed by atoms with Gasteiger partial charge in [-0.05, 0) is 31.2 Å². The molecule has 0 saturated carbocycles. The molecule has 0 aliphatic heterocycles. The van der Waals surface area contributed by atoms with Gasteiger partial charge in [0.25, 0.3) is 0 Å². The van der Waals surface area contributed by atoms with Crippen LogP contribution in [0.1, 0.15) is 24.1 Å². The van der Waals surface area contributed by atoms with Crippen molar-refractivity contribution in [1.29, 1.82) is 0 Å². The van der Waals surface area contributed by atoms with E-state index in [9.17, 15) is 0 Å². The van der Waals surface area contributed by atoms with Crippen LogP contribution in [0.4, 0.5) is 0 Å². The first-order chi connectivity index (χ1) is 9.92. The normalized spacial score (nSPS) is 14.2. The summed E-state index contributed by atoms with van der Waals surface area (Å²) < 4.78 is 2.03. The maximum atomic E-state index is 4.75. The van der Waals surface area contributed by atoms with Crippen molar-refractivity contribution in [1.82, 2.24) is 14.8 Å². The molecule has 3 nitrogen and oxygen atoms in total. The van der Waals surface area contributed by atoms with Gasteiger partial charge in [-0.1, -0.05) is 30.3 Å². The Morgan fingerprint density at radius 2 is 1.90 bits per heavy atom. The number of hydrogen-bond donors (Lipinski definition) is 0. The molecular weight excluding hydrogens is 266 g/mol. The van der Waals surface area contributed by atoms with Gasteiger partial charge in [-0.2, -0.15) is 5.10 Å². The van der Waals surface area contributed by atoms with E-state index in [-0.39, 0.29) is 0 Å². The van der Waals surface area contributed by atoms with Crippen LogP contribution in [-0.4, -0.2) is 14.8 Å². The zero-order valence-electron chi connectivity index (χ0n) is 11.1. The highest BCUT2D eigenvalue weighted by atomic mass is 32.1. The van der Waals surface area contributed by atoms with Gasteiger partial charge in [0.1, 0.15) is 0 Å². The maximum absolute atomic E-state index is 4.75. The highest BCUT2D eigenvalue weighted by Gasteiger charge is 2.17. The van der Waals surface area contributed by atoms with Gasteiger partial charge in [0.05, 0.1) is 17.6 Å². The number of rotatable bonds is 2. The van der Waals surface area contributed by atoms with Gasteiger partial charge in [-0.25, -0.2) is 9.67 Å². The van der Waals surface area contributed by atoms with E-state index in [2.05, 4.69) is 22.6 Å².